The van der Waals surface area contributed by atoms with Crippen LogP contribution in [0, 0.1) is 6.92 Å². The third kappa shape index (κ3) is 4.00. The van der Waals surface area contributed by atoms with Gasteiger partial charge in [0.05, 0.1) is 12.2 Å². The molecule has 0 spiro atoms. The topological polar surface area (TPSA) is 52.6 Å². The molecule has 0 radical (unpaired) electrons. The fourth-order valence-corrected chi connectivity index (χ4v) is 4.57. The molecular formula is C20H31N5O. The van der Waals surface area contributed by atoms with Crippen molar-refractivity contribution in [3.63, 3.8) is 0 Å². The molecule has 6 heteroatoms. The van der Waals surface area contributed by atoms with Crippen molar-refractivity contribution in [2.24, 2.45) is 0 Å². The van der Waals surface area contributed by atoms with E-state index in [4.69, 9.17) is 4.98 Å². The normalized spacial score (nSPS) is 24.4. The van der Waals surface area contributed by atoms with Crippen LogP contribution in [-0.2, 0) is 4.79 Å². The number of nitrogens with zero attached hydrogens (tertiary/aromatic N) is 5. The van der Waals surface area contributed by atoms with E-state index >= 15 is 0 Å². The smallest absolute Gasteiger partial charge is 0.236 e. The van der Waals surface area contributed by atoms with Crippen LogP contribution in [0.15, 0.2) is 6.07 Å². The molecule has 3 saturated heterocycles. The predicted octanol–water partition coefficient (Wildman–Crippen LogP) is 2.19. The quantitative estimate of drug-likeness (QED) is 0.827. The van der Waals surface area contributed by atoms with E-state index in [1.807, 2.05) is 6.92 Å². The molecule has 26 heavy (non-hydrogen) atoms. The van der Waals surface area contributed by atoms with Crippen molar-refractivity contribution in [2.45, 2.75) is 51.4 Å². The molecule has 3 aliphatic rings. The molecule has 3 aliphatic heterocycles. The van der Waals surface area contributed by atoms with Crippen LogP contribution < -0.4 is 4.90 Å². The number of piperidine rings is 1. The molecule has 1 aromatic rings. The highest BCUT2D eigenvalue weighted by atomic mass is 16.2. The molecule has 4 heterocycles. The average Bonchev–Trinajstić information content (AvgIpc) is 3.35. The fourth-order valence-electron chi connectivity index (χ4n) is 4.57. The SMILES string of the molecule is Cc1nc([C@H]2CCCN(C(=O)CN3CCCC3)C2)cc(N2CCCC2)n1. The summed E-state index contributed by atoms with van der Waals surface area (Å²) in [5.41, 5.74) is 1.12. The highest BCUT2D eigenvalue weighted by Gasteiger charge is 2.28. The lowest BCUT2D eigenvalue weighted by molar-refractivity contribution is -0.133. The molecule has 0 unspecified atom stereocenters. The molecule has 3 fully saturated rings. The number of hydrogen-bond donors (Lipinski definition) is 0. The second-order valence-corrected chi connectivity index (χ2v) is 8.05. The molecule has 1 aromatic heterocycles. The van der Waals surface area contributed by atoms with Crippen LogP contribution in [0.5, 0.6) is 0 Å². The van der Waals surface area contributed by atoms with Gasteiger partial charge in [0.25, 0.3) is 0 Å². The number of amides is 1. The Hall–Kier alpha value is -1.69. The maximum absolute atomic E-state index is 12.7. The molecule has 6 nitrogen and oxygen atoms in total. The molecular weight excluding hydrogens is 326 g/mol. The first-order valence-corrected chi connectivity index (χ1v) is 10.3. The van der Waals surface area contributed by atoms with Gasteiger partial charge in [-0.2, -0.15) is 0 Å². The monoisotopic (exact) mass is 357 g/mol. The summed E-state index contributed by atoms with van der Waals surface area (Å²) in [6.07, 6.45) is 7.15. The van der Waals surface area contributed by atoms with Crippen molar-refractivity contribution in [1.82, 2.24) is 19.8 Å². The summed E-state index contributed by atoms with van der Waals surface area (Å²) in [7, 11) is 0. The van der Waals surface area contributed by atoms with Gasteiger partial charge in [-0.05, 0) is 58.5 Å². The van der Waals surface area contributed by atoms with Crippen LogP contribution in [-0.4, -0.2) is 71.5 Å². The highest BCUT2D eigenvalue weighted by Crippen LogP contribution is 2.29. The van der Waals surface area contributed by atoms with Gasteiger partial charge < -0.3 is 9.80 Å². The number of aryl methyl sites for hydroxylation is 1. The Balaban J connectivity index is 1.44. The van der Waals surface area contributed by atoms with Crippen LogP contribution >= 0.6 is 0 Å². The summed E-state index contributed by atoms with van der Waals surface area (Å²) in [5, 5.41) is 0. The molecule has 1 atom stereocenters. The van der Waals surface area contributed by atoms with E-state index in [2.05, 4.69) is 25.8 Å². The number of anilines is 1. The number of hydrogen-bond acceptors (Lipinski definition) is 5. The zero-order valence-electron chi connectivity index (χ0n) is 16.0. The van der Waals surface area contributed by atoms with Gasteiger partial charge in [0.2, 0.25) is 5.91 Å². The average molecular weight is 358 g/mol. The van der Waals surface area contributed by atoms with Crippen molar-refractivity contribution in [3.05, 3.63) is 17.6 Å². The zero-order valence-corrected chi connectivity index (χ0v) is 16.0. The van der Waals surface area contributed by atoms with E-state index in [-0.39, 0.29) is 0 Å². The zero-order chi connectivity index (χ0) is 17.9. The standard InChI is InChI=1S/C20H31N5O/c1-16-21-18(13-19(22-16)24-10-4-5-11-24)17-7-6-12-25(14-17)20(26)15-23-8-2-3-9-23/h13,17H,2-12,14-15H2,1H3/t17-/m0/s1. The van der Waals surface area contributed by atoms with Crippen molar-refractivity contribution >= 4 is 11.7 Å². The molecule has 0 N–H and O–H groups in total. The second kappa shape index (κ2) is 7.91. The summed E-state index contributed by atoms with van der Waals surface area (Å²) in [5.74, 6) is 2.56. The Morgan fingerprint density at radius 1 is 1.04 bits per heavy atom. The highest BCUT2D eigenvalue weighted by molar-refractivity contribution is 5.78. The lowest BCUT2D eigenvalue weighted by Crippen LogP contribution is -2.44. The van der Waals surface area contributed by atoms with Gasteiger partial charge in [-0.3, -0.25) is 9.69 Å². The van der Waals surface area contributed by atoms with E-state index in [9.17, 15) is 4.79 Å². The summed E-state index contributed by atoms with van der Waals surface area (Å²) in [6, 6.07) is 2.18. The number of likely N-dealkylation sites (tertiary alicyclic amines) is 2. The van der Waals surface area contributed by atoms with E-state index < -0.39 is 0 Å². The third-order valence-electron chi connectivity index (χ3n) is 6.02. The van der Waals surface area contributed by atoms with E-state index in [0.717, 1.165) is 69.4 Å². The maximum atomic E-state index is 12.7. The van der Waals surface area contributed by atoms with Gasteiger partial charge in [0.1, 0.15) is 11.6 Å². The fraction of sp³-hybridized carbons (Fsp3) is 0.750. The van der Waals surface area contributed by atoms with Crippen molar-refractivity contribution in [3.8, 4) is 0 Å². The Morgan fingerprint density at radius 3 is 2.54 bits per heavy atom. The molecule has 0 aromatic carbocycles. The Labute approximate surface area is 156 Å². The summed E-state index contributed by atoms with van der Waals surface area (Å²) < 4.78 is 0. The lowest BCUT2D eigenvalue weighted by atomic mass is 9.94. The first-order valence-electron chi connectivity index (χ1n) is 10.3. The van der Waals surface area contributed by atoms with Gasteiger partial charge in [0, 0.05) is 38.2 Å². The third-order valence-corrected chi connectivity index (χ3v) is 6.02. The van der Waals surface area contributed by atoms with Crippen LogP contribution in [0.1, 0.15) is 56.0 Å². The Kier molecular flexibility index (Phi) is 5.38. The van der Waals surface area contributed by atoms with Crippen LogP contribution in [0.2, 0.25) is 0 Å². The maximum Gasteiger partial charge on any atom is 0.236 e. The largest absolute Gasteiger partial charge is 0.357 e. The molecule has 142 valence electrons. The van der Waals surface area contributed by atoms with Crippen LogP contribution in [0.3, 0.4) is 0 Å². The van der Waals surface area contributed by atoms with Gasteiger partial charge in [0.15, 0.2) is 0 Å². The molecule has 0 aliphatic carbocycles. The van der Waals surface area contributed by atoms with Crippen LogP contribution in [0.25, 0.3) is 0 Å². The molecule has 4 rings (SSSR count). The minimum atomic E-state index is 0.294. The van der Waals surface area contributed by atoms with Gasteiger partial charge in [-0.1, -0.05) is 0 Å². The first kappa shape index (κ1) is 17.7. The molecule has 1 amide bonds. The predicted molar refractivity (Wildman–Crippen MR) is 102 cm³/mol. The summed E-state index contributed by atoms with van der Waals surface area (Å²) in [6.45, 7) is 8.63. The number of carbonyl (C=O) groups is 1. The lowest BCUT2D eigenvalue weighted by Gasteiger charge is -2.34. The first-order chi connectivity index (χ1) is 12.7. The number of rotatable bonds is 4. The van der Waals surface area contributed by atoms with Crippen molar-refractivity contribution in [2.75, 3.05) is 50.7 Å². The van der Waals surface area contributed by atoms with Crippen molar-refractivity contribution in [1.29, 1.82) is 0 Å². The van der Waals surface area contributed by atoms with Gasteiger partial charge in [-0.15, -0.1) is 0 Å². The number of carbonyl (C=O) groups excluding carboxylic acids is 1. The van der Waals surface area contributed by atoms with Gasteiger partial charge in [-0.25, -0.2) is 9.97 Å². The van der Waals surface area contributed by atoms with Crippen LogP contribution in [0.4, 0.5) is 5.82 Å². The molecule has 0 bridgehead atoms. The Morgan fingerprint density at radius 2 is 1.77 bits per heavy atom. The minimum Gasteiger partial charge on any atom is -0.357 e. The van der Waals surface area contributed by atoms with E-state index in [1.54, 1.807) is 0 Å². The minimum absolute atomic E-state index is 0.294. The summed E-state index contributed by atoms with van der Waals surface area (Å²) in [4.78, 5) is 28.9. The Bertz CT molecular complexity index is 637. The van der Waals surface area contributed by atoms with E-state index in [0.29, 0.717) is 18.4 Å². The van der Waals surface area contributed by atoms with E-state index in [1.165, 1.54) is 25.7 Å². The van der Waals surface area contributed by atoms with Gasteiger partial charge >= 0.3 is 0 Å². The second-order valence-electron chi connectivity index (χ2n) is 8.05. The summed E-state index contributed by atoms with van der Waals surface area (Å²) >= 11 is 0. The van der Waals surface area contributed by atoms with Crippen molar-refractivity contribution < 1.29 is 4.79 Å². The molecule has 0 saturated carbocycles. The number of aromatic nitrogens is 2.